The van der Waals surface area contributed by atoms with E-state index in [1.54, 1.807) is 48.5 Å². The second-order valence-electron chi connectivity index (χ2n) is 10.1. The van der Waals surface area contributed by atoms with E-state index in [1.165, 1.54) is 58.2 Å². The Bertz CT molecular complexity index is 1340. The van der Waals surface area contributed by atoms with Crippen molar-refractivity contribution in [3.63, 3.8) is 0 Å². The quantitative estimate of drug-likeness (QED) is 0.0733. The van der Waals surface area contributed by atoms with Crippen LogP contribution in [0.25, 0.3) is 11.6 Å². The zero-order valence-electron chi connectivity index (χ0n) is 24.5. The van der Waals surface area contributed by atoms with Gasteiger partial charge in [0.2, 0.25) is 0 Å². The average molecular weight is 590 g/mol. The van der Waals surface area contributed by atoms with Gasteiger partial charge >= 0.3 is 11.9 Å². The Hall–Kier alpha value is -3.88. The number of carbonyl (C=O) groups is 3. The van der Waals surface area contributed by atoms with Crippen LogP contribution in [0.1, 0.15) is 56.2 Å². The first kappa shape index (κ1) is 32.6. The maximum Gasteiger partial charge on any atom is 0.308 e. The number of esters is 2. The van der Waals surface area contributed by atoms with Crippen molar-refractivity contribution in [2.24, 2.45) is 0 Å². The maximum atomic E-state index is 11.5. The van der Waals surface area contributed by atoms with Gasteiger partial charge in [0.05, 0.1) is 0 Å². The van der Waals surface area contributed by atoms with Crippen LogP contribution in [0.2, 0.25) is 0 Å². The highest BCUT2D eigenvalue weighted by Gasteiger charge is 2.10. The van der Waals surface area contributed by atoms with E-state index in [-0.39, 0.29) is 0 Å². The first-order valence-electron chi connectivity index (χ1n) is 14.1. The lowest BCUT2D eigenvalue weighted by atomic mass is 10.0. The molecule has 1 aliphatic rings. The second kappa shape index (κ2) is 17.2. The molecule has 1 saturated heterocycles. The Morgan fingerprint density at radius 3 is 1.95 bits per heavy atom. The number of benzene rings is 3. The molecule has 1 aliphatic heterocycles. The summed E-state index contributed by atoms with van der Waals surface area (Å²) >= 11 is 4.36. The molecule has 0 radical (unpaired) electrons. The average Bonchev–Trinajstić information content (AvgIpc) is 3.23. The van der Waals surface area contributed by atoms with Crippen molar-refractivity contribution in [2.75, 3.05) is 26.2 Å². The Kier molecular flexibility index (Phi) is 13.3. The van der Waals surface area contributed by atoms with Crippen LogP contribution in [0.15, 0.2) is 71.6 Å². The van der Waals surface area contributed by atoms with Gasteiger partial charge in [-0.2, -0.15) is 0 Å². The maximum absolute atomic E-state index is 11.5. The molecule has 0 aromatic heterocycles. The summed E-state index contributed by atoms with van der Waals surface area (Å²) in [5.41, 5.74) is 3.07. The number of rotatable bonds is 9. The minimum absolute atomic E-state index is 0.359. The van der Waals surface area contributed by atoms with Crippen molar-refractivity contribution in [1.82, 2.24) is 4.90 Å². The summed E-state index contributed by atoms with van der Waals surface area (Å²) in [7, 11) is 0. The van der Waals surface area contributed by atoms with Crippen LogP contribution >= 0.6 is 12.6 Å². The van der Waals surface area contributed by atoms with Crippen molar-refractivity contribution >= 4 is 42.5 Å². The molecule has 42 heavy (non-hydrogen) atoms. The molecule has 8 heteroatoms. The molecule has 0 spiro atoms. The molecule has 1 heterocycles. The summed E-state index contributed by atoms with van der Waals surface area (Å²) in [4.78, 5) is 36.4. The van der Waals surface area contributed by atoms with Gasteiger partial charge in [-0.3, -0.25) is 19.3 Å². The number of hydrogen-bond acceptors (Lipinski definition) is 8. The van der Waals surface area contributed by atoms with E-state index < -0.39 is 11.9 Å². The van der Waals surface area contributed by atoms with E-state index in [4.69, 9.17) is 14.2 Å². The van der Waals surface area contributed by atoms with E-state index in [0.717, 1.165) is 30.8 Å². The standard InChI is InChI=1S/C19H16O5S.C15H23NO/c1-12(21)23-16-5-3-14(4-6-16)9-15(11-20)18-8-7-17(10-19(18)25)24-13(2)22;1-14-6-8-15(9-7-14)17-13-12-16-10-4-2-3-5-11-16/h3-11,25H,1-2H3;6-9H,2-5,10-13H2,1H3/b15-9+;. The third kappa shape index (κ3) is 11.5. The first-order chi connectivity index (χ1) is 20.2. The lowest BCUT2D eigenvalue weighted by Gasteiger charge is -2.19. The summed E-state index contributed by atoms with van der Waals surface area (Å²) in [6.07, 6.45) is 7.91. The molecule has 0 unspecified atom stereocenters. The highest BCUT2D eigenvalue weighted by molar-refractivity contribution is 7.80. The molecule has 222 valence electrons. The van der Waals surface area contributed by atoms with Gasteiger partial charge in [-0.25, -0.2) is 0 Å². The molecular formula is C34H39NO6S. The van der Waals surface area contributed by atoms with Gasteiger partial charge in [-0.05, 0) is 92.5 Å². The molecule has 1 fully saturated rings. The van der Waals surface area contributed by atoms with E-state index in [9.17, 15) is 14.4 Å². The Labute approximate surface area is 253 Å². The molecular weight excluding hydrogens is 550 g/mol. The van der Waals surface area contributed by atoms with E-state index in [1.807, 2.05) is 0 Å². The molecule has 0 amide bonds. The normalized spacial score (nSPS) is 13.7. The van der Waals surface area contributed by atoms with Crippen LogP contribution in [-0.4, -0.2) is 49.4 Å². The Balaban J connectivity index is 0.000000247. The predicted octanol–water partition coefficient (Wildman–Crippen LogP) is 6.82. The number of allylic oxidation sites excluding steroid dienone is 1. The zero-order valence-corrected chi connectivity index (χ0v) is 25.4. The van der Waals surface area contributed by atoms with Crippen molar-refractivity contribution in [3.8, 4) is 17.2 Å². The van der Waals surface area contributed by atoms with Crippen molar-refractivity contribution < 1.29 is 28.6 Å². The fourth-order valence-electron chi connectivity index (χ4n) is 4.42. The smallest absolute Gasteiger partial charge is 0.308 e. The topological polar surface area (TPSA) is 82.1 Å². The number of nitrogens with zero attached hydrogens (tertiary/aromatic N) is 1. The molecule has 3 aromatic carbocycles. The van der Waals surface area contributed by atoms with Gasteiger partial charge < -0.3 is 14.2 Å². The zero-order chi connectivity index (χ0) is 30.3. The van der Waals surface area contributed by atoms with Gasteiger partial charge in [0.15, 0.2) is 6.29 Å². The summed E-state index contributed by atoms with van der Waals surface area (Å²) in [5, 5.41) is 0. The minimum atomic E-state index is -0.431. The second-order valence-corrected chi connectivity index (χ2v) is 10.6. The lowest BCUT2D eigenvalue weighted by Crippen LogP contribution is -2.29. The van der Waals surface area contributed by atoms with Crippen LogP contribution in [0, 0.1) is 6.92 Å². The largest absolute Gasteiger partial charge is 0.492 e. The van der Waals surface area contributed by atoms with Gasteiger partial charge in [-0.15, -0.1) is 12.6 Å². The monoisotopic (exact) mass is 589 g/mol. The SMILES string of the molecule is CC(=O)Oc1ccc(/C=C(\C=O)c2ccc(OC(C)=O)cc2S)cc1.Cc1ccc(OCCN2CCCCCC2)cc1. The van der Waals surface area contributed by atoms with E-state index in [2.05, 4.69) is 48.7 Å². The number of aryl methyl sites for hydroxylation is 1. The number of likely N-dealkylation sites (tertiary alicyclic amines) is 1. The Morgan fingerprint density at radius 2 is 1.38 bits per heavy atom. The van der Waals surface area contributed by atoms with E-state index in [0.29, 0.717) is 27.5 Å². The summed E-state index contributed by atoms with van der Waals surface area (Å²) in [5.74, 6) is 0.949. The molecule has 0 atom stereocenters. The van der Waals surface area contributed by atoms with Crippen LogP contribution in [0.3, 0.4) is 0 Å². The highest BCUT2D eigenvalue weighted by atomic mass is 32.1. The van der Waals surface area contributed by atoms with Crippen molar-refractivity contribution in [2.45, 2.75) is 51.3 Å². The fourth-order valence-corrected chi connectivity index (χ4v) is 4.76. The molecule has 4 rings (SSSR count). The van der Waals surface area contributed by atoms with Crippen LogP contribution in [0.5, 0.6) is 17.2 Å². The van der Waals surface area contributed by atoms with E-state index >= 15 is 0 Å². The number of thiol groups is 1. The molecule has 0 N–H and O–H groups in total. The predicted molar refractivity (Wildman–Crippen MR) is 168 cm³/mol. The lowest BCUT2D eigenvalue weighted by molar-refractivity contribution is -0.132. The highest BCUT2D eigenvalue weighted by Crippen LogP contribution is 2.28. The fraction of sp³-hybridized carbons (Fsp3) is 0.324. The number of aldehydes is 1. The van der Waals surface area contributed by atoms with Crippen LogP contribution in [-0.2, 0) is 14.4 Å². The first-order valence-corrected chi connectivity index (χ1v) is 14.6. The molecule has 0 bridgehead atoms. The summed E-state index contributed by atoms with van der Waals surface area (Å²) in [6.45, 7) is 9.10. The minimum Gasteiger partial charge on any atom is -0.492 e. The van der Waals surface area contributed by atoms with Gasteiger partial charge in [0.25, 0.3) is 0 Å². The van der Waals surface area contributed by atoms with Crippen molar-refractivity contribution in [3.05, 3.63) is 83.4 Å². The molecule has 7 nitrogen and oxygen atoms in total. The van der Waals surface area contributed by atoms with Gasteiger partial charge in [-0.1, -0.05) is 42.7 Å². The van der Waals surface area contributed by atoms with Crippen molar-refractivity contribution in [1.29, 1.82) is 0 Å². The van der Waals surface area contributed by atoms with Crippen LogP contribution < -0.4 is 14.2 Å². The van der Waals surface area contributed by atoms with Crippen LogP contribution in [0.4, 0.5) is 0 Å². The molecule has 0 saturated carbocycles. The number of ether oxygens (including phenoxy) is 3. The Morgan fingerprint density at radius 1 is 0.810 bits per heavy atom. The molecule has 0 aliphatic carbocycles. The molecule has 3 aromatic rings. The summed E-state index contributed by atoms with van der Waals surface area (Å²) < 4.78 is 15.7. The van der Waals surface area contributed by atoms with Gasteiger partial charge in [0.1, 0.15) is 23.9 Å². The number of hydrogen-bond donors (Lipinski definition) is 1. The van der Waals surface area contributed by atoms with Gasteiger partial charge in [0, 0.05) is 30.9 Å². The summed E-state index contributed by atoms with van der Waals surface area (Å²) in [6, 6.07) is 19.9. The third-order valence-electron chi connectivity index (χ3n) is 6.53. The number of carbonyl (C=O) groups excluding carboxylic acids is 3. The third-order valence-corrected chi connectivity index (χ3v) is 6.90.